The van der Waals surface area contributed by atoms with Crippen molar-refractivity contribution >= 4 is 33.8 Å². The zero-order valence-corrected chi connectivity index (χ0v) is 12.6. The molecule has 1 amide bonds. The van der Waals surface area contributed by atoms with Gasteiger partial charge in [0.25, 0.3) is 0 Å². The fourth-order valence-corrected chi connectivity index (χ4v) is 2.48. The molecule has 0 aromatic heterocycles. The Morgan fingerprint density at radius 1 is 1.19 bits per heavy atom. The summed E-state index contributed by atoms with van der Waals surface area (Å²) in [6.45, 7) is 0. The number of carbonyl (C=O) groups is 3. The topological polar surface area (TPSA) is 104 Å². The van der Waals surface area contributed by atoms with Gasteiger partial charge in [-0.3, -0.25) is 9.59 Å². The van der Waals surface area contributed by atoms with Crippen LogP contribution in [0.1, 0.15) is 24.8 Å². The van der Waals surface area contributed by atoms with Gasteiger partial charge in [-0.25, -0.2) is 4.79 Å². The van der Waals surface area contributed by atoms with E-state index in [9.17, 15) is 14.4 Å². The molecule has 2 rings (SSSR count). The van der Waals surface area contributed by atoms with Crippen LogP contribution in [0.4, 0.5) is 0 Å². The molecule has 1 aliphatic carbocycles. The highest BCUT2D eigenvalue weighted by Crippen LogP contribution is 2.48. The predicted molar refractivity (Wildman–Crippen MR) is 76.9 cm³/mol. The number of nitrogens with one attached hydrogen (secondary N) is 1. The summed E-state index contributed by atoms with van der Waals surface area (Å²) >= 11 is 3.31. The Kier molecular flexibility index (Phi) is 4.32. The quantitative estimate of drug-likeness (QED) is 0.717. The van der Waals surface area contributed by atoms with E-state index in [2.05, 4.69) is 21.2 Å². The van der Waals surface area contributed by atoms with Crippen molar-refractivity contribution in [2.45, 2.75) is 30.7 Å². The van der Waals surface area contributed by atoms with E-state index in [1.165, 1.54) is 0 Å². The molecule has 21 heavy (non-hydrogen) atoms. The third-order valence-corrected chi connectivity index (χ3v) is 4.09. The van der Waals surface area contributed by atoms with Crippen molar-refractivity contribution in [1.29, 1.82) is 0 Å². The van der Waals surface area contributed by atoms with Gasteiger partial charge in [0.1, 0.15) is 6.04 Å². The third kappa shape index (κ3) is 3.41. The summed E-state index contributed by atoms with van der Waals surface area (Å²) in [5.41, 5.74) is 0.0788. The Morgan fingerprint density at radius 2 is 1.76 bits per heavy atom. The average molecular weight is 356 g/mol. The maximum atomic E-state index is 12.3. The molecule has 1 aromatic carbocycles. The van der Waals surface area contributed by atoms with Gasteiger partial charge in [-0.15, -0.1) is 0 Å². The van der Waals surface area contributed by atoms with Crippen LogP contribution in [0.5, 0.6) is 0 Å². The Morgan fingerprint density at radius 3 is 2.19 bits per heavy atom. The van der Waals surface area contributed by atoms with E-state index in [1.54, 1.807) is 0 Å². The van der Waals surface area contributed by atoms with Crippen LogP contribution in [0.25, 0.3) is 0 Å². The summed E-state index contributed by atoms with van der Waals surface area (Å²) in [7, 11) is 0. The molecule has 0 radical (unpaired) electrons. The molecule has 1 atom stereocenters. The van der Waals surface area contributed by atoms with E-state index in [1.807, 2.05) is 24.3 Å². The first-order valence-electron chi connectivity index (χ1n) is 6.37. The molecule has 7 heteroatoms. The number of carboxylic acids is 2. The molecule has 1 aromatic rings. The largest absolute Gasteiger partial charge is 0.481 e. The Hall–Kier alpha value is -1.89. The molecule has 0 unspecified atom stereocenters. The lowest BCUT2D eigenvalue weighted by atomic mass is 9.94. The summed E-state index contributed by atoms with van der Waals surface area (Å²) in [6.07, 6.45) is 0.608. The van der Waals surface area contributed by atoms with Gasteiger partial charge in [0.2, 0.25) is 5.91 Å². The molecule has 3 N–H and O–H groups in total. The first-order chi connectivity index (χ1) is 9.85. The first-order valence-corrected chi connectivity index (χ1v) is 7.16. The number of aliphatic carboxylic acids is 2. The van der Waals surface area contributed by atoms with Crippen LogP contribution in [-0.2, 0) is 19.8 Å². The summed E-state index contributed by atoms with van der Waals surface area (Å²) in [4.78, 5) is 34.0. The van der Waals surface area contributed by atoms with Crippen molar-refractivity contribution < 1.29 is 24.6 Å². The smallest absolute Gasteiger partial charge is 0.326 e. The molecular formula is C14H14BrNO5. The van der Waals surface area contributed by atoms with Crippen molar-refractivity contribution in [2.24, 2.45) is 0 Å². The zero-order chi connectivity index (χ0) is 15.6. The molecule has 0 heterocycles. The van der Waals surface area contributed by atoms with Gasteiger partial charge >= 0.3 is 11.9 Å². The van der Waals surface area contributed by atoms with E-state index in [4.69, 9.17) is 10.2 Å². The average Bonchev–Trinajstić information content (AvgIpc) is 3.19. The number of carbonyl (C=O) groups excluding carboxylic acids is 1. The second kappa shape index (κ2) is 5.85. The van der Waals surface area contributed by atoms with Crippen LogP contribution in [0, 0.1) is 0 Å². The highest BCUT2D eigenvalue weighted by atomic mass is 79.9. The highest BCUT2D eigenvalue weighted by Gasteiger charge is 2.52. The van der Waals surface area contributed by atoms with E-state index in [-0.39, 0.29) is 0 Å². The van der Waals surface area contributed by atoms with Crippen molar-refractivity contribution in [3.8, 4) is 0 Å². The van der Waals surface area contributed by atoms with Gasteiger partial charge in [0, 0.05) is 4.47 Å². The van der Waals surface area contributed by atoms with Crippen LogP contribution in [0.2, 0.25) is 0 Å². The molecule has 112 valence electrons. The minimum absolute atomic E-state index is 0.432. The molecule has 1 fully saturated rings. The zero-order valence-electron chi connectivity index (χ0n) is 11.0. The second-order valence-electron chi connectivity index (χ2n) is 5.05. The molecule has 0 saturated heterocycles. The highest BCUT2D eigenvalue weighted by molar-refractivity contribution is 9.10. The number of halogens is 1. The minimum atomic E-state index is -1.41. The molecule has 0 aliphatic heterocycles. The molecule has 0 spiro atoms. The predicted octanol–water partition coefficient (Wildman–Crippen LogP) is 1.52. The fraction of sp³-hybridized carbons (Fsp3) is 0.357. The SMILES string of the molecule is O=C(O)C[C@@H](NC(=O)C1(c2ccc(Br)cc2)CC1)C(=O)O. The van der Waals surface area contributed by atoms with Crippen molar-refractivity contribution in [2.75, 3.05) is 0 Å². The number of benzene rings is 1. The van der Waals surface area contributed by atoms with Crippen LogP contribution in [-0.4, -0.2) is 34.1 Å². The maximum Gasteiger partial charge on any atom is 0.326 e. The minimum Gasteiger partial charge on any atom is -0.481 e. The molecule has 0 bridgehead atoms. The summed E-state index contributed by atoms with van der Waals surface area (Å²) < 4.78 is 0.886. The normalized spacial score (nSPS) is 16.8. The second-order valence-corrected chi connectivity index (χ2v) is 5.97. The lowest BCUT2D eigenvalue weighted by Crippen LogP contribution is -2.46. The number of amides is 1. The molecule has 6 nitrogen and oxygen atoms in total. The van der Waals surface area contributed by atoms with Crippen molar-refractivity contribution in [1.82, 2.24) is 5.32 Å². The number of hydrogen-bond donors (Lipinski definition) is 3. The van der Waals surface area contributed by atoms with Gasteiger partial charge in [-0.1, -0.05) is 28.1 Å². The number of carboxylic acid groups (broad SMARTS) is 2. The van der Waals surface area contributed by atoms with Gasteiger partial charge in [0.15, 0.2) is 0 Å². The monoisotopic (exact) mass is 355 g/mol. The summed E-state index contributed by atoms with van der Waals surface area (Å²) in [5, 5.41) is 20.0. The van der Waals surface area contributed by atoms with Crippen LogP contribution >= 0.6 is 15.9 Å². The molecule has 1 saturated carbocycles. The van der Waals surface area contributed by atoms with Crippen molar-refractivity contribution in [3.05, 3.63) is 34.3 Å². The lowest BCUT2D eigenvalue weighted by Gasteiger charge is -2.19. The number of rotatable bonds is 6. The van der Waals surface area contributed by atoms with Gasteiger partial charge in [-0.2, -0.15) is 0 Å². The lowest BCUT2D eigenvalue weighted by molar-refractivity contribution is -0.147. The van der Waals surface area contributed by atoms with E-state index < -0.39 is 35.7 Å². The molecule has 1 aliphatic rings. The van der Waals surface area contributed by atoms with E-state index in [0.717, 1.165) is 10.0 Å². The maximum absolute atomic E-state index is 12.3. The Balaban J connectivity index is 2.13. The van der Waals surface area contributed by atoms with Crippen LogP contribution in [0.3, 0.4) is 0 Å². The standard InChI is InChI=1S/C14H14BrNO5/c15-9-3-1-8(2-4-9)14(5-6-14)13(21)16-10(12(19)20)7-11(17)18/h1-4,10H,5-7H2,(H,16,21)(H,17,18)(H,19,20)/t10-/m1/s1. The van der Waals surface area contributed by atoms with E-state index >= 15 is 0 Å². The van der Waals surface area contributed by atoms with Gasteiger partial charge in [-0.05, 0) is 30.5 Å². The summed E-state index contributed by atoms with van der Waals surface area (Å²) in [6, 6.07) is 5.83. The fourth-order valence-electron chi connectivity index (χ4n) is 2.21. The van der Waals surface area contributed by atoms with Crippen LogP contribution < -0.4 is 5.32 Å². The van der Waals surface area contributed by atoms with E-state index in [0.29, 0.717) is 12.8 Å². The first kappa shape index (κ1) is 15.5. The number of hydrogen-bond acceptors (Lipinski definition) is 3. The Bertz CT molecular complexity index is 580. The Labute approximate surface area is 129 Å². The molecular weight excluding hydrogens is 342 g/mol. The van der Waals surface area contributed by atoms with Gasteiger partial charge in [0.05, 0.1) is 11.8 Å². The summed E-state index contributed by atoms with van der Waals surface area (Å²) in [5.74, 6) is -3.05. The van der Waals surface area contributed by atoms with Crippen molar-refractivity contribution in [3.63, 3.8) is 0 Å². The van der Waals surface area contributed by atoms with Gasteiger partial charge < -0.3 is 15.5 Å². The third-order valence-electron chi connectivity index (χ3n) is 3.56. The van der Waals surface area contributed by atoms with Crippen LogP contribution in [0.15, 0.2) is 28.7 Å².